The Kier molecular flexibility index (Phi) is 3.39. The van der Waals surface area contributed by atoms with Gasteiger partial charge in [0, 0.05) is 37.6 Å². The van der Waals surface area contributed by atoms with Crippen LogP contribution in [0.1, 0.15) is 25.5 Å². The Hall–Kier alpha value is -2.70. The van der Waals surface area contributed by atoms with Crippen molar-refractivity contribution in [3.8, 4) is 11.6 Å². The van der Waals surface area contributed by atoms with Crippen LogP contribution in [0.2, 0.25) is 0 Å². The van der Waals surface area contributed by atoms with Crippen LogP contribution < -0.4 is 5.73 Å². The molecule has 0 unspecified atom stereocenters. The van der Waals surface area contributed by atoms with Gasteiger partial charge >= 0.3 is 0 Å². The van der Waals surface area contributed by atoms with Crippen LogP contribution in [0.25, 0.3) is 11.6 Å². The first-order valence-corrected chi connectivity index (χ1v) is 6.91. The number of imidazole rings is 2. The molecule has 0 saturated heterocycles. The van der Waals surface area contributed by atoms with Crippen LogP contribution in [-0.4, -0.2) is 29.1 Å². The summed E-state index contributed by atoms with van der Waals surface area (Å²) in [5.41, 5.74) is 6.80. The molecular formula is C14H17N7. The quantitative estimate of drug-likeness (QED) is 0.785. The van der Waals surface area contributed by atoms with Crippen molar-refractivity contribution in [3.05, 3.63) is 42.8 Å². The normalized spacial score (nSPS) is 11.0. The van der Waals surface area contributed by atoms with E-state index in [4.69, 9.17) is 5.73 Å². The summed E-state index contributed by atoms with van der Waals surface area (Å²) in [5, 5.41) is 0. The topological polar surface area (TPSA) is 87.4 Å². The number of aryl methyl sites for hydroxylation is 2. The second-order valence-corrected chi connectivity index (χ2v) is 4.57. The number of hydrogen-bond donors (Lipinski definition) is 1. The Morgan fingerprint density at radius 2 is 1.33 bits per heavy atom. The molecule has 3 aromatic heterocycles. The van der Waals surface area contributed by atoms with E-state index in [1.54, 1.807) is 12.4 Å². The van der Waals surface area contributed by atoms with Gasteiger partial charge in [-0.15, -0.1) is 0 Å². The first-order chi connectivity index (χ1) is 10.3. The van der Waals surface area contributed by atoms with Crippen molar-refractivity contribution in [1.29, 1.82) is 0 Å². The van der Waals surface area contributed by atoms with Crippen molar-refractivity contribution in [2.45, 2.75) is 26.7 Å². The third kappa shape index (κ3) is 2.16. The number of nitrogen functional groups attached to an aromatic ring is 1. The summed E-state index contributed by atoms with van der Waals surface area (Å²) in [6, 6.07) is 0. The molecule has 7 heteroatoms. The van der Waals surface area contributed by atoms with E-state index in [0.717, 1.165) is 24.5 Å². The summed E-state index contributed by atoms with van der Waals surface area (Å²) in [4.78, 5) is 17.2. The van der Waals surface area contributed by atoms with E-state index < -0.39 is 0 Å². The summed E-state index contributed by atoms with van der Waals surface area (Å²) >= 11 is 0. The highest BCUT2D eigenvalue weighted by Gasteiger charge is 2.15. The average Bonchev–Trinajstić information content (AvgIpc) is 3.15. The van der Waals surface area contributed by atoms with Gasteiger partial charge in [-0.2, -0.15) is 0 Å². The molecule has 3 heterocycles. The molecule has 0 aliphatic rings. The zero-order valence-electron chi connectivity index (χ0n) is 12.1. The van der Waals surface area contributed by atoms with Crippen molar-refractivity contribution in [2.24, 2.45) is 0 Å². The van der Waals surface area contributed by atoms with Crippen molar-refractivity contribution in [1.82, 2.24) is 29.1 Å². The SMILES string of the molecule is CCc1nccn1-c1ncnc(-n2ccnc2CC)c1N. The second kappa shape index (κ2) is 5.35. The molecule has 3 rings (SSSR count). The van der Waals surface area contributed by atoms with Crippen LogP contribution in [0, 0.1) is 0 Å². The lowest BCUT2D eigenvalue weighted by atomic mass is 10.3. The number of nitrogens with zero attached hydrogens (tertiary/aromatic N) is 6. The standard InChI is InChI=1S/C14H17N7/c1-3-10-16-5-7-20(10)13-12(15)14(19-9-18-13)21-8-6-17-11(21)4-2/h5-9H,3-4,15H2,1-2H3. The molecule has 108 valence electrons. The van der Waals surface area contributed by atoms with Crippen LogP contribution in [-0.2, 0) is 12.8 Å². The highest BCUT2D eigenvalue weighted by Crippen LogP contribution is 2.22. The van der Waals surface area contributed by atoms with Crippen molar-refractivity contribution in [2.75, 3.05) is 5.73 Å². The highest BCUT2D eigenvalue weighted by molar-refractivity contribution is 5.63. The molecule has 0 fully saturated rings. The van der Waals surface area contributed by atoms with E-state index in [1.807, 2.05) is 35.4 Å². The zero-order chi connectivity index (χ0) is 14.8. The maximum absolute atomic E-state index is 6.29. The highest BCUT2D eigenvalue weighted by atomic mass is 15.2. The van der Waals surface area contributed by atoms with E-state index in [9.17, 15) is 0 Å². The van der Waals surface area contributed by atoms with E-state index >= 15 is 0 Å². The Morgan fingerprint density at radius 1 is 0.857 bits per heavy atom. The maximum Gasteiger partial charge on any atom is 0.167 e. The molecule has 0 radical (unpaired) electrons. The minimum absolute atomic E-state index is 0.512. The zero-order valence-corrected chi connectivity index (χ0v) is 12.1. The lowest BCUT2D eigenvalue weighted by Crippen LogP contribution is -2.11. The van der Waals surface area contributed by atoms with Gasteiger partial charge in [-0.1, -0.05) is 13.8 Å². The van der Waals surface area contributed by atoms with Crippen molar-refractivity contribution in [3.63, 3.8) is 0 Å². The van der Waals surface area contributed by atoms with Crippen molar-refractivity contribution < 1.29 is 0 Å². The Balaban J connectivity index is 2.16. The molecule has 0 amide bonds. The Bertz CT molecular complexity index is 696. The number of anilines is 1. The van der Waals surface area contributed by atoms with Gasteiger partial charge < -0.3 is 5.73 Å². The van der Waals surface area contributed by atoms with Gasteiger partial charge in [-0.05, 0) is 0 Å². The number of rotatable bonds is 4. The maximum atomic E-state index is 6.29. The first kappa shape index (κ1) is 13.3. The second-order valence-electron chi connectivity index (χ2n) is 4.57. The fraction of sp³-hybridized carbons (Fsp3) is 0.286. The first-order valence-electron chi connectivity index (χ1n) is 6.91. The molecule has 0 bridgehead atoms. The number of aromatic nitrogens is 6. The lowest BCUT2D eigenvalue weighted by Gasteiger charge is -2.13. The van der Waals surface area contributed by atoms with E-state index in [0.29, 0.717) is 17.3 Å². The molecule has 2 N–H and O–H groups in total. The summed E-state index contributed by atoms with van der Waals surface area (Å²) in [5.74, 6) is 3.11. The minimum atomic E-state index is 0.512. The van der Waals surface area contributed by atoms with E-state index in [2.05, 4.69) is 19.9 Å². The minimum Gasteiger partial charge on any atom is -0.393 e. The van der Waals surface area contributed by atoms with Crippen LogP contribution in [0.15, 0.2) is 31.1 Å². The molecule has 0 aromatic carbocycles. The summed E-state index contributed by atoms with van der Waals surface area (Å²) in [7, 11) is 0. The molecule has 3 aromatic rings. The Morgan fingerprint density at radius 3 is 1.76 bits per heavy atom. The fourth-order valence-corrected chi connectivity index (χ4v) is 2.34. The molecule has 0 aliphatic heterocycles. The van der Waals surface area contributed by atoms with Gasteiger partial charge in [-0.3, -0.25) is 9.13 Å². The molecular weight excluding hydrogens is 266 g/mol. The third-order valence-electron chi connectivity index (χ3n) is 3.37. The molecule has 0 saturated carbocycles. The predicted molar refractivity (Wildman–Crippen MR) is 79.4 cm³/mol. The molecule has 7 nitrogen and oxygen atoms in total. The predicted octanol–water partition coefficient (Wildman–Crippen LogP) is 1.55. The van der Waals surface area contributed by atoms with E-state index in [-0.39, 0.29) is 0 Å². The summed E-state index contributed by atoms with van der Waals surface area (Å²) < 4.78 is 3.78. The van der Waals surface area contributed by atoms with Crippen molar-refractivity contribution >= 4 is 5.69 Å². The monoisotopic (exact) mass is 283 g/mol. The molecule has 0 spiro atoms. The van der Waals surface area contributed by atoms with Gasteiger partial charge in [0.2, 0.25) is 0 Å². The van der Waals surface area contributed by atoms with Gasteiger partial charge in [0.15, 0.2) is 11.6 Å². The molecule has 21 heavy (non-hydrogen) atoms. The van der Waals surface area contributed by atoms with E-state index in [1.165, 1.54) is 6.33 Å². The molecule has 0 aliphatic carbocycles. The Labute approximate surface area is 122 Å². The van der Waals surface area contributed by atoms with Gasteiger partial charge in [0.05, 0.1) is 0 Å². The number of hydrogen-bond acceptors (Lipinski definition) is 5. The van der Waals surface area contributed by atoms with Crippen LogP contribution in [0.4, 0.5) is 5.69 Å². The van der Waals surface area contributed by atoms with Crippen LogP contribution in [0.3, 0.4) is 0 Å². The van der Waals surface area contributed by atoms with Crippen LogP contribution >= 0.6 is 0 Å². The lowest BCUT2D eigenvalue weighted by molar-refractivity contribution is 0.836. The third-order valence-corrected chi connectivity index (χ3v) is 3.37. The smallest absolute Gasteiger partial charge is 0.167 e. The summed E-state index contributed by atoms with van der Waals surface area (Å²) in [6.07, 6.45) is 10.3. The summed E-state index contributed by atoms with van der Waals surface area (Å²) in [6.45, 7) is 4.09. The van der Waals surface area contributed by atoms with Crippen LogP contribution in [0.5, 0.6) is 0 Å². The fourth-order valence-electron chi connectivity index (χ4n) is 2.34. The van der Waals surface area contributed by atoms with Gasteiger partial charge in [0.25, 0.3) is 0 Å². The average molecular weight is 283 g/mol. The van der Waals surface area contributed by atoms with Gasteiger partial charge in [-0.25, -0.2) is 19.9 Å². The molecule has 0 atom stereocenters. The van der Waals surface area contributed by atoms with Gasteiger partial charge in [0.1, 0.15) is 23.7 Å². The number of nitrogens with two attached hydrogens (primary N) is 1. The largest absolute Gasteiger partial charge is 0.393 e.